The van der Waals surface area contributed by atoms with Crippen LogP contribution in [0.3, 0.4) is 0 Å². The van der Waals surface area contributed by atoms with Gasteiger partial charge in [0.15, 0.2) is 0 Å². The van der Waals surface area contributed by atoms with Gasteiger partial charge in [-0.1, -0.05) is 49.7 Å². The number of hydrogen-bond acceptors (Lipinski definition) is 3. The molecule has 0 radical (unpaired) electrons. The van der Waals surface area contributed by atoms with E-state index in [1.807, 2.05) is 0 Å². The van der Waals surface area contributed by atoms with Gasteiger partial charge in [0.2, 0.25) is 0 Å². The lowest BCUT2D eigenvalue weighted by Crippen LogP contribution is -2.34. The molecule has 4 rings (SSSR count). The first-order chi connectivity index (χ1) is 14.0. The Morgan fingerprint density at radius 3 is 2.48 bits per heavy atom. The molecule has 0 spiro atoms. The van der Waals surface area contributed by atoms with Gasteiger partial charge in [0.05, 0.1) is 24.9 Å². The third-order valence-electron chi connectivity index (χ3n) is 6.59. The van der Waals surface area contributed by atoms with Crippen molar-refractivity contribution < 1.29 is 14.9 Å². The van der Waals surface area contributed by atoms with Crippen molar-refractivity contribution in [2.24, 2.45) is 0 Å². The fourth-order valence-electron chi connectivity index (χ4n) is 5.26. The monoisotopic (exact) mass is 394 g/mol. The van der Waals surface area contributed by atoms with Crippen LogP contribution in [0.2, 0.25) is 0 Å². The second-order valence-corrected chi connectivity index (χ2v) is 9.22. The van der Waals surface area contributed by atoms with Crippen molar-refractivity contribution in [3.05, 3.63) is 69.3 Å². The molecule has 0 aromatic heterocycles. The molecule has 0 bridgehead atoms. The molecule has 2 aromatic carbocycles. The molecule has 1 fully saturated rings. The molecule has 1 aliphatic heterocycles. The minimum atomic E-state index is -0.417. The van der Waals surface area contributed by atoms with Crippen molar-refractivity contribution in [1.82, 2.24) is 0 Å². The van der Waals surface area contributed by atoms with Crippen LogP contribution >= 0.6 is 0 Å². The molecule has 0 amide bonds. The fraction of sp³-hybridized carbons (Fsp3) is 0.538. The summed E-state index contributed by atoms with van der Waals surface area (Å²) in [5.74, 6) is 0.417. The molecule has 3 heteroatoms. The summed E-state index contributed by atoms with van der Waals surface area (Å²) >= 11 is 0. The molecule has 156 valence electrons. The van der Waals surface area contributed by atoms with E-state index < -0.39 is 6.10 Å². The van der Waals surface area contributed by atoms with Crippen LogP contribution in [0.4, 0.5) is 0 Å². The molecular formula is C26H34O3. The Morgan fingerprint density at radius 1 is 1.07 bits per heavy atom. The maximum absolute atomic E-state index is 10.4. The first-order valence-corrected chi connectivity index (χ1v) is 11.1. The largest absolute Gasteiger partial charge is 0.394 e. The van der Waals surface area contributed by atoms with E-state index >= 15 is 0 Å². The van der Waals surface area contributed by atoms with Crippen molar-refractivity contribution in [3.8, 4) is 0 Å². The van der Waals surface area contributed by atoms with Gasteiger partial charge in [0.25, 0.3) is 0 Å². The van der Waals surface area contributed by atoms with E-state index in [0.717, 1.165) is 19.3 Å². The number of fused-ring (bicyclic) bond motifs is 1. The third-order valence-corrected chi connectivity index (χ3v) is 6.59. The highest BCUT2D eigenvalue weighted by Gasteiger charge is 2.33. The molecule has 2 aromatic rings. The van der Waals surface area contributed by atoms with Gasteiger partial charge in [-0.3, -0.25) is 0 Å². The highest BCUT2D eigenvalue weighted by molar-refractivity contribution is 5.52. The van der Waals surface area contributed by atoms with Crippen molar-refractivity contribution in [1.29, 1.82) is 0 Å². The van der Waals surface area contributed by atoms with Crippen molar-refractivity contribution >= 4 is 0 Å². The number of hydrogen-bond donors (Lipinski definition) is 2. The number of rotatable bonds is 5. The Morgan fingerprint density at radius 2 is 1.79 bits per heavy atom. The van der Waals surface area contributed by atoms with E-state index in [1.165, 1.54) is 45.4 Å². The lowest BCUT2D eigenvalue weighted by molar-refractivity contribution is -0.114. The van der Waals surface area contributed by atoms with E-state index in [4.69, 9.17) is 4.74 Å². The van der Waals surface area contributed by atoms with Crippen LogP contribution in [-0.4, -0.2) is 29.0 Å². The maximum atomic E-state index is 10.4. The van der Waals surface area contributed by atoms with Gasteiger partial charge in [-0.05, 0) is 71.9 Å². The van der Waals surface area contributed by atoms with Gasteiger partial charge in [-0.15, -0.1) is 0 Å². The predicted molar refractivity (Wildman–Crippen MR) is 116 cm³/mol. The van der Waals surface area contributed by atoms with Gasteiger partial charge in [0, 0.05) is 12.8 Å². The normalized spacial score (nSPS) is 24.1. The Balaban J connectivity index is 1.78. The highest BCUT2D eigenvalue weighted by Crippen LogP contribution is 2.42. The summed E-state index contributed by atoms with van der Waals surface area (Å²) in [7, 11) is 0. The molecule has 1 saturated heterocycles. The summed E-state index contributed by atoms with van der Waals surface area (Å²) < 4.78 is 6.25. The summed E-state index contributed by atoms with van der Waals surface area (Å²) in [5.41, 5.74) is 9.74. The van der Waals surface area contributed by atoms with Gasteiger partial charge < -0.3 is 14.9 Å². The molecule has 2 N–H and O–H groups in total. The minimum absolute atomic E-state index is 0.0360. The van der Waals surface area contributed by atoms with Crippen molar-refractivity contribution in [2.75, 3.05) is 6.61 Å². The Hall–Kier alpha value is -1.68. The summed E-state index contributed by atoms with van der Waals surface area (Å²) in [6.07, 6.45) is 4.73. The Labute approximate surface area is 174 Å². The van der Waals surface area contributed by atoms with Crippen molar-refractivity contribution in [3.63, 3.8) is 0 Å². The fourth-order valence-corrected chi connectivity index (χ4v) is 5.26. The zero-order valence-electron chi connectivity index (χ0n) is 17.9. The van der Waals surface area contributed by atoms with E-state index in [9.17, 15) is 10.2 Å². The summed E-state index contributed by atoms with van der Waals surface area (Å²) in [6, 6.07) is 11.2. The maximum Gasteiger partial charge on any atom is 0.0857 e. The molecule has 29 heavy (non-hydrogen) atoms. The number of aliphatic hydroxyl groups is 2. The van der Waals surface area contributed by atoms with Gasteiger partial charge in [0.1, 0.15) is 0 Å². The summed E-state index contributed by atoms with van der Waals surface area (Å²) in [5, 5.41) is 20.0. The molecule has 3 nitrogen and oxygen atoms in total. The van der Waals surface area contributed by atoms with E-state index in [1.54, 1.807) is 0 Å². The van der Waals surface area contributed by atoms with Gasteiger partial charge >= 0.3 is 0 Å². The molecule has 0 saturated carbocycles. The second-order valence-electron chi connectivity index (χ2n) is 9.22. The van der Waals surface area contributed by atoms with E-state index in [2.05, 4.69) is 51.1 Å². The Kier molecular flexibility index (Phi) is 6.10. The van der Waals surface area contributed by atoms with Gasteiger partial charge in [-0.2, -0.15) is 0 Å². The molecule has 3 atom stereocenters. The van der Waals surface area contributed by atoms with Crippen LogP contribution in [0.25, 0.3) is 0 Å². The average molecular weight is 395 g/mol. The third kappa shape index (κ3) is 4.28. The van der Waals surface area contributed by atoms with Crippen LogP contribution in [0.15, 0.2) is 30.3 Å². The van der Waals surface area contributed by atoms with Crippen LogP contribution < -0.4 is 0 Å². The summed E-state index contributed by atoms with van der Waals surface area (Å²) in [4.78, 5) is 0. The highest BCUT2D eigenvalue weighted by atomic mass is 16.5. The second kappa shape index (κ2) is 8.59. The predicted octanol–water partition coefficient (Wildman–Crippen LogP) is 4.77. The van der Waals surface area contributed by atoms with E-state index in [0.29, 0.717) is 18.8 Å². The van der Waals surface area contributed by atoms with Gasteiger partial charge in [-0.25, -0.2) is 0 Å². The SMILES string of the molecule is Cc1ccc(Cc2cc(C3CC(O)CC(CO)O3)c(C(C)C)c3c2CCC3)cc1. The minimum Gasteiger partial charge on any atom is -0.394 e. The number of aryl methyl sites for hydroxylation is 1. The first-order valence-electron chi connectivity index (χ1n) is 11.1. The standard InChI is InChI=1S/C26H34O3/c1-16(2)26-23-6-4-5-22(23)19(11-18-9-7-17(3)8-10-18)12-24(26)25-14-20(28)13-21(15-27)29-25/h7-10,12,16,20-21,25,27-28H,4-6,11,13-15H2,1-3H3. The number of benzene rings is 2. The van der Waals surface area contributed by atoms with Crippen LogP contribution in [-0.2, 0) is 24.0 Å². The summed E-state index contributed by atoms with van der Waals surface area (Å²) in [6.45, 7) is 6.62. The average Bonchev–Trinajstić information content (AvgIpc) is 3.18. The lowest BCUT2D eigenvalue weighted by Gasteiger charge is -2.35. The Bertz CT molecular complexity index is 853. The van der Waals surface area contributed by atoms with Crippen LogP contribution in [0.1, 0.15) is 84.1 Å². The molecular weight excluding hydrogens is 360 g/mol. The zero-order chi connectivity index (χ0) is 20.5. The lowest BCUT2D eigenvalue weighted by atomic mass is 9.82. The number of aliphatic hydroxyl groups excluding tert-OH is 2. The van der Waals surface area contributed by atoms with Crippen molar-refractivity contribution in [2.45, 2.75) is 83.5 Å². The molecule has 2 aliphatic rings. The smallest absolute Gasteiger partial charge is 0.0857 e. The van der Waals surface area contributed by atoms with Crippen LogP contribution in [0, 0.1) is 6.92 Å². The quantitative estimate of drug-likeness (QED) is 0.768. The molecule has 3 unspecified atom stereocenters. The van der Waals surface area contributed by atoms with Crippen LogP contribution in [0.5, 0.6) is 0 Å². The molecule has 1 heterocycles. The first kappa shape index (κ1) is 20.6. The molecule has 1 aliphatic carbocycles. The topological polar surface area (TPSA) is 49.7 Å². The van der Waals surface area contributed by atoms with E-state index in [-0.39, 0.29) is 18.8 Å². The zero-order valence-corrected chi connectivity index (χ0v) is 17.9. The number of ether oxygens (including phenoxy) is 1.